The van der Waals surface area contributed by atoms with Gasteiger partial charge in [0.05, 0.1) is 24.0 Å². The molecule has 0 saturated carbocycles. The number of carboxylic acid groups (broad SMARTS) is 1. The molecule has 5 nitrogen and oxygen atoms in total. The van der Waals surface area contributed by atoms with Crippen LogP contribution in [0.4, 0.5) is 13.2 Å². The van der Waals surface area contributed by atoms with Gasteiger partial charge in [0.15, 0.2) is 0 Å². The summed E-state index contributed by atoms with van der Waals surface area (Å²) in [7, 11) is 0. The lowest BCUT2D eigenvalue weighted by molar-refractivity contribution is -0.139. The Labute approximate surface area is 117 Å². The van der Waals surface area contributed by atoms with E-state index in [1.807, 2.05) is 0 Å². The van der Waals surface area contributed by atoms with Crippen LogP contribution in [0.2, 0.25) is 0 Å². The molecule has 21 heavy (non-hydrogen) atoms. The first-order valence-electron chi connectivity index (χ1n) is 5.91. The quantitative estimate of drug-likeness (QED) is 0.922. The second-order valence-electron chi connectivity index (χ2n) is 4.16. The van der Waals surface area contributed by atoms with Crippen LogP contribution in [-0.4, -0.2) is 27.2 Å². The predicted octanol–water partition coefficient (Wildman–Crippen LogP) is 2.68. The molecule has 0 saturated heterocycles. The Hall–Kier alpha value is -2.51. The van der Waals surface area contributed by atoms with Crippen LogP contribution in [0.3, 0.4) is 0 Å². The van der Waals surface area contributed by atoms with E-state index in [1.165, 1.54) is 6.33 Å². The number of imidazole rings is 1. The minimum absolute atomic E-state index is 0.00581. The van der Waals surface area contributed by atoms with Crippen LogP contribution in [0.15, 0.2) is 36.9 Å². The van der Waals surface area contributed by atoms with E-state index in [2.05, 4.69) is 4.98 Å². The van der Waals surface area contributed by atoms with Gasteiger partial charge in [0.25, 0.3) is 0 Å². The van der Waals surface area contributed by atoms with Gasteiger partial charge in [-0.25, -0.2) is 9.78 Å². The molecule has 0 radical (unpaired) electrons. The maximum Gasteiger partial charge on any atom is 0.419 e. The fourth-order valence-corrected chi connectivity index (χ4v) is 1.69. The van der Waals surface area contributed by atoms with E-state index in [9.17, 15) is 18.0 Å². The van der Waals surface area contributed by atoms with Crippen molar-refractivity contribution < 1.29 is 27.8 Å². The van der Waals surface area contributed by atoms with Crippen LogP contribution >= 0.6 is 0 Å². The molecule has 1 aromatic heterocycles. The van der Waals surface area contributed by atoms with E-state index in [4.69, 9.17) is 9.84 Å². The van der Waals surface area contributed by atoms with Gasteiger partial charge in [-0.1, -0.05) is 0 Å². The summed E-state index contributed by atoms with van der Waals surface area (Å²) in [6.45, 7) is 0.337. The van der Waals surface area contributed by atoms with E-state index in [-0.39, 0.29) is 6.61 Å². The van der Waals surface area contributed by atoms with Crippen molar-refractivity contribution in [1.82, 2.24) is 9.55 Å². The molecule has 1 N–H and O–H groups in total. The highest BCUT2D eigenvalue weighted by molar-refractivity contribution is 5.88. The molecule has 2 rings (SSSR count). The first-order chi connectivity index (χ1) is 9.88. The highest BCUT2D eigenvalue weighted by Gasteiger charge is 2.35. The lowest BCUT2D eigenvalue weighted by Gasteiger charge is -2.14. The summed E-state index contributed by atoms with van der Waals surface area (Å²) in [6.07, 6.45) is 0.0295. The number of ether oxygens (including phenoxy) is 1. The molecule has 0 bridgehead atoms. The molecule has 0 unspecified atom stereocenters. The standard InChI is InChI=1S/C13H11F3N2O3/c14-13(15,16)10-7-9(12(19)20)1-2-11(10)21-6-5-18-4-3-17-8-18/h1-4,7-8H,5-6H2,(H,19,20). The SMILES string of the molecule is O=C(O)c1ccc(OCCn2ccnc2)c(C(F)(F)F)c1. The van der Waals surface area contributed by atoms with Crippen LogP contribution in [0.5, 0.6) is 5.75 Å². The van der Waals surface area contributed by atoms with Gasteiger partial charge in [-0.15, -0.1) is 0 Å². The molecule has 112 valence electrons. The zero-order chi connectivity index (χ0) is 15.5. The first kappa shape index (κ1) is 14.9. The fourth-order valence-electron chi connectivity index (χ4n) is 1.69. The maximum absolute atomic E-state index is 12.9. The number of halogens is 3. The molecule has 0 aliphatic carbocycles. The number of aromatic carboxylic acids is 1. The van der Waals surface area contributed by atoms with E-state index in [0.29, 0.717) is 12.6 Å². The zero-order valence-corrected chi connectivity index (χ0v) is 10.7. The van der Waals surface area contributed by atoms with Crippen LogP contribution < -0.4 is 4.74 Å². The molecule has 0 amide bonds. The molecule has 0 fully saturated rings. The predicted molar refractivity (Wildman–Crippen MR) is 66.1 cm³/mol. The highest BCUT2D eigenvalue weighted by atomic mass is 19.4. The molecular formula is C13H11F3N2O3. The van der Waals surface area contributed by atoms with Crippen molar-refractivity contribution in [3.8, 4) is 5.75 Å². The van der Waals surface area contributed by atoms with Crippen molar-refractivity contribution in [2.75, 3.05) is 6.61 Å². The number of carbonyl (C=O) groups is 1. The van der Waals surface area contributed by atoms with Crippen molar-refractivity contribution in [1.29, 1.82) is 0 Å². The van der Waals surface area contributed by atoms with Crippen molar-refractivity contribution >= 4 is 5.97 Å². The summed E-state index contributed by atoms with van der Waals surface area (Å²) in [5.41, 5.74) is -1.54. The largest absolute Gasteiger partial charge is 0.491 e. The minimum Gasteiger partial charge on any atom is -0.491 e. The molecule has 0 aliphatic heterocycles. The third-order valence-electron chi connectivity index (χ3n) is 2.70. The van der Waals surface area contributed by atoms with E-state index < -0.39 is 29.0 Å². The van der Waals surface area contributed by atoms with Crippen molar-refractivity contribution in [3.63, 3.8) is 0 Å². The average molecular weight is 300 g/mol. The van der Waals surface area contributed by atoms with Gasteiger partial charge in [-0.05, 0) is 18.2 Å². The number of carboxylic acids is 1. The molecule has 0 aliphatic rings. The van der Waals surface area contributed by atoms with Crippen molar-refractivity contribution in [3.05, 3.63) is 48.0 Å². The Morgan fingerprint density at radius 3 is 2.71 bits per heavy atom. The van der Waals surface area contributed by atoms with Gasteiger partial charge in [-0.3, -0.25) is 0 Å². The van der Waals surface area contributed by atoms with E-state index >= 15 is 0 Å². The number of hydrogen-bond acceptors (Lipinski definition) is 3. The van der Waals surface area contributed by atoms with E-state index in [0.717, 1.165) is 12.1 Å². The Bertz CT molecular complexity index is 624. The lowest BCUT2D eigenvalue weighted by atomic mass is 10.1. The summed E-state index contributed by atoms with van der Waals surface area (Å²) < 4.78 is 45.5. The van der Waals surface area contributed by atoms with Crippen molar-refractivity contribution in [2.24, 2.45) is 0 Å². The van der Waals surface area contributed by atoms with Gasteiger partial charge in [0.1, 0.15) is 12.4 Å². The summed E-state index contributed by atoms with van der Waals surface area (Å²) in [6, 6.07) is 2.65. The van der Waals surface area contributed by atoms with Crippen molar-refractivity contribution in [2.45, 2.75) is 12.7 Å². The van der Waals surface area contributed by atoms with Gasteiger partial charge in [0, 0.05) is 12.4 Å². The summed E-state index contributed by atoms with van der Waals surface area (Å²) in [5.74, 6) is -1.82. The molecule has 1 heterocycles. The summed E-state index contributed by atoms with van der Waals surface area (Å²) in [5, 5.41) is 8.75. The molecule has 0 spiro atoms. The average Bonchev–Trinajstić information content (AvgIpc) is 2.90. The van der Waals surface area contributed by atoms with Crippen LogP contribution in [-0.2, 0) is 12.7 Å². The third kappa shape index (κ3) is 3.74. The lowest BCUT2D eigenvalue weighted by Crippen LogP contribution is -2.13. The van der Waals surface area contributed by atoms with Gasteiger partial charge in [-0.2, -0.15) is 13.2 Å². The Kier molecular flexibility index (Phi) is 4.15. The summed E-state index contributed by atoms with van der Waals surface area (Å²) >= 11 is 0. The molecule has 8 heteroatoms. The van der Waals surface area contributed by atoms with E-state index in [1.54, 1.807) is 17.0 Å². The Morgan fingerprint density at radius 1 is 1.38 bits per heavy atom. The van der Waals surface area contributed by atoms with Gasteiger partial charge >= 0.3 is 12.1 Å². The Balaban J connectivity index is 2.16. The monoisotopic (exact) mass is 300 g/mol. The molecule has 2 aromatic rings. The maximum atomic E-state index is 12.9. The van der Waals surface area contributed by atoms with Crippen LogP contribution in [0.25, 0.3) is 0 Å². The smallest absolute Gasteiger partial charge is 0.419 e. The number of benzene rings is 1. The number of alkyl halides is 3. The topological polar surface area (TPSA) is 64.3 Å². The summed E-state index contributed by atoms with van der Waals surface area (Å²) in [4.78, 5) is 14.5. The number of aromatic nitrogens is 2. The number of rotatable bonds is 5. The zero-order valence-electron chi connectivity index (χ0n) is 10.7. The highest BCUT2D eigenvalue weighted by Crippen LogP contribution is 2.36. The number of nitrogens with zero attached hydrogens (tertiary/aromatic N) is 2. The first-order valence-corrected chi connectivity index (χ1v) is 5.91. The molecular weight excluding hydrogens is 289 g/mol. The Morgan fingerprint density at radius 2 is 2.14 bits per heavy atom. The minimum atomic E-state index is -4.68. The number of hydrogen-bond donors (Lipinski definition) is 1. The third-order valence-corrected chi connectivity index (χ3v) is 2.70. The van der Waals surface area contributed by atoms with Crippen LogP contribution in [0.1, 0.15) is 15.9 Å². The second-order valence-corrected chi connectivity index (χ2v) is 4.16. The molecule has 0 atom stereocenters. The van der Waals surface area contributed by atoms with Crippen LogP contribution in [0, 0.1) is 0 Å². The van der Waals surface area contributed by atoms with Gasteiger partial charge in [0.2, 0.25) is 0 Å². The molecule has 1 aromatic carbocycles. The van der Waals surface area contributed by atoms with Gasteiger partial charge < -0.3 is 14.4 Å². The second kappa shape index (κ2) is 5.86. The normalized spacial score (nSPS) is 11.4. The fraction of sp³-hybridized carbons (Fsp3) is 0.231.